The summed E-state index contributed by atoms with van der Waals surface area (Å²) in [5.41, 5.74) is 2.23. The second-order valence-electron chi connectivity index (χ2n) is 9.41. The van der Waals surface area contributed by atoms with Crippen LogP contribution in [-0.2, 0) is 24.1 Å². The van der Waals surface area contributed by atoms with Gasteiger partial charge in [-0.05, 0) is 60.8 Å². The van der Waals surface area contributed by atoms with Crippen molar-refractivity contribution in [2.75, 3.05) is 51.8 Å². The third-order valence-corrected chi connectivity index (χ3v) is 7.06. The zero-order valence-corrected chi connectivity index (χ0v) is 20.9. The van der Waals surface area contributed by atoms with Gasteiger partial charge in [0.25, 0.3) is 0 Å². The van der Waals surface area contributed by atoms with Crippen LogP contribution in [0.5, 0.6) is 11.5 Å². The Kier molecular flexibility index (Phi) is 8.28. The van der Waals surface area contributed by atoms with Gasteiger partial charge in [0.15, 0.2) is 11.5 Å². The predicted molar refractivity (Wildman–Crippen MR) is 132 cm³/mol. The van der Waals surface area contributed by atoms with E-state index in [-0.39, 0.29) is 5.91 Å². The quantitative estimate of drug-likeness (QED) is 0.452. The highest BCUT2D eigenvalue weighted by Gasteiger charge is 2.31. The Labute approximate surface area is 210 Å². The van der Waals surface area contributed by atoms with E-state index in [1.807, 2.05) is 21.9 Å². The molecule has 2 aromatic rings. The van der Waals surface area contributed by atoms with Crippen molar-refractivity contribution in [1.82, 2.24) is 9.80 Å². The number of methoxy groups -OCH3 is 2. The molecular formula is C27H34F3N3O3. The van der Waals surface area contributed by atoms with Crippen molar-refractivity contribution >= 4 is 11.6 Å². The molecular weight excluding hydrogens is 471 g/mol. The topological polar surface area (TPSA) is 45.3 Å². The number of carbonyl (C=O) groups is 1. The maximum atomic E-state index is 13.0. The molecule has 0 N–H and O–H groups in total. The van der Waals surface area contributed by atoms with Crippen LogP contribution in [0.25, 0.3) is 0 Å². The largest absolute Gasteiger partial charge is 0.493 e. The molecule has 2 heterocycles. The summed E-state index contributed by atoms with van der Waals surface area (Å²) < 4.78 is 49.7. The monoisotopic (exact) mass is 505 g/mol. The first-order chi connectivity index (χ1) is 17.3. The van der Waals surface area contributed by atoms with Crippen molar-refractivity contribution in [2.24, 2.45) is 0 Å². The smallest absolute Gasteiger partial charge is 0.416 e. The number of carbonyl (C=O) groups excluding carboxylic acids is 1. The second kappa shape index (κ2) is 11.4. The number of benzene rings is 2. The summed E-state index contributed by atoms with van der Waals surface area (Å²) in [7, 11) is 3.22. The molecule has 0 aliphatic carbocycles. The van der Waals surface area contributed by atoms with E-state index in [1.165, 1.54) is 12.1 Å². The maximum Gasteiger partial charge on any atom is 0.416 e. The van der Waals surface area contributed by atoms with E-state index >= 15 is 0 Å². The summed E-state index contributed by atoms with van der Waals surface area (Å²) >= 11 is 0. The van der Waals surface area contributed by atoms with Gasteiger partial charge in [0, 0.05) is 51.4 Å². The SMILES string of the molecule is COc1cc2c(cc1OC)CN(C(=O)CCCCCN1CCN(c3cccc(C(F)(F)F)c3)CC1)C2. The van der Waals surface area contributed by atoms with Crippen molar-refractivity contribution in [2.45, 2.75) is 44.9 Å². The average molecular weight is 506 g/mol. The third kappa shape index (κ3) is 6.24. The van der Waals surface area contributed by atoms with Crippen molar-refractivity contribution in [3.8, 4) is 11.5 Å². The maximum absolute atomic E-state index is 13.0. The van der Waals surface area contributed by atoms with Gasteiger partial charge in [-0.3, -0.25) is 9.69 Å². The van der Waals surface area contributed by atoms with Crippen molar-refractivity contribution < 1.29 is 27.4 Å². The van der Waals surface area contributed by atoms with Gasteiger partial charge in [0.1, 0.15) is 0 Å². The minimum absolute atomic E-state index is 0.166. The fraction of sp³-hybridized carbons (Fsp3) is 0.519. The van der Waals surface area contributed by atoms with Crippen LogP contribution >= 0.6 is 0 Å². The van der Waals surface area contributed by atoms with Gasteiger partial charge >= 0.3 is 6.18 Å². The molecule has 0 radical (unpaired) electrons. The Morgan fingerprint density at radius 1 is 0.889 bits per heavy atom. The van der Waals surface area contributed by atoms with Crippen molar-refractivity contribution in [3.63, 3.8) is 0 Å². The highest BCUT2D eigenvalue weighted by Crippen LogP contribution is 2.35. The molecule has 0 aromatic heterocycles. The van der Waals surface area contributed by atoms with E-state index in [1.54, 1.807) is 20.3 Å². The number of hydrogen-bond donors (Lipinski definition) is 0. The fourth-order valence-corrected chi connectivity index (χ4v) is 4.96. The molecule has 0 bridgehead atoms. The van der Waals surface area contributed by atoms with Crippen LogP contribution in [0.1, 0.15) is 42.4 Å². The van der Waals surface area contributed by atoms with Gasteiger partial charge in [-0.15, -0.1) is 0 Å². The third-order valence-electron chi connectivity index (χ3n) is 7.06. The highest BCUT2D eigenvalue weighted by molar-refractivity contribution is 5.77. The molecule has 9 heteroatoms. The molecule has 0 spiro atoms. The van der Waals surface area contributed by atoms with Crippen LogP contribution in [0.2, 0.25) is 0 Å². The van der Waals surface area contributed by atoms with E-state index in [9.17, 15) is 18.0 Å². The van der Waals surface area contributed by atoms with Crippen molar-refractivity contribution in [3.05, 3.63) is 53.1 Å². The zero-order chi connectivity index (χ0) is 25.7. The number of rotatable bonds is 9. The van der Waals surface area contributed by atoms with E-state index in [4.69, 9.17) is 9.47 Å². The molecule has 1 amide bonds. The molecule has 196 valence electrons. The molecule has 36 heavy (non-hydrogen) atoms. The first-order valence-corrected chi connectivity index (χ1v) is 12.4. The number of anilines is 1. The van der Waals surface area contributed by atoms with E-state index in [0.29, 0.717) is 49.8 Å². The lowest BCUT2D eigenvalue weighted by atomic mass is 10.1. The molecule has 2 aromatic carbocycles. The van der Waals surface area contributed by atoms with Gasteiger partial charge in [0.05, 0.1) is 19.8 Å². The lowest BCUT2D eigenvalue weighted by Gasteiger charge is -2.36. The Hall–Kier alpha value is -2.94. The second-order valence-corrected chi connectivity index (χ2v) is 9.41. The number of amides is 1. The lowest BCUT2D eigenvalue weighted by molar-refractivity contribution is -0.137. The number of hydrogen-bond acceptors (Lipinski definition) is 5. The molecule has 2 aliphatic heterocycles. The number of ether oxygens (including phenoxy) is 2. The Balaban J connectivity index is 1.14. The lowest BCUT2D eigenvalue weighted by Crippen LogP contribution is -2.46. The van der Waals surface area contributed by atoms with E-state index in [0.717, 1.165) is 56.1 Å². The van der Waals surface area contributed by atoms with Gasteiger partial charge in [-0.25, -0.2) is 0 Å². The Morgan fingerprint density at radius 3 is 2.11 bits per heavy atom. The number of unbranched alkanes of at least 4 members (excludes halogenated alkanes) is 2. The first-order valence-electron chi connectivity index (χ1n) is 12.4. The number of halogens is 3. The van der Waals surface area contributed by atoms with Gasteiger partial charge in [-0.1, -0.05) is 12.5 Å². The summed E-state index contributed by atoms with van der Waals surface area (Å²) in [5, 5.41) is 0. The Bertz CT molecular complexity index is 1020. The van der Waals surface area contributed by atoms with Crippen molar-refractivity contribution in [1.29, 1.82) is 0 Å². The van der Waals surface area contributed by atoms with Crippen LogP contribution in [-0.4, -0.2) is 62.7 Å². The van der Waals surface area contributed by atoms with Gasteiger partial charge in [0.2, 0.25) is 5.91 Å². The molecule has 0 unspecified atom stereocenters. The van der Waals surface area contributed by atoms with Gasteiger partial charge in [-0.2, -0.15) is 13.2 Å². The summed E-state index contributed by atoms with van der Waals surface area (Å²) in [5.74, 6) is 1.53. The summed E-state index contributed by atoms with van der Waals surface area (Å²) in [4.78, 5) is 19.0. The number of alkyl halides is 3. The summed E-state index contributed by atoms with van der Waals surface area (Å²) in [6, 6.07) is 9.47. The molecule has 0 saturated carbocycles. The summed E-state index contributed by atoms with van der Waals surface area (Å²) in [6.45, 7) is 5.23. The van der Waals surface area contributed by atoms with Crippen LogP contribution in [0, 0.1) is 0 Å². The fourth-order valence-electron chi connectivity index (χ4n) is 4.96. The predicted octanol–water partition coefficient (Wildman–Crippen LogP) is 4.95. The Morgan fingerprint density at radius 2 is 1.53 bits per heavy atom. The number of piperazine rings is 1. The number of nitrogens with zero attached hydrogens (tertiary/aromatic N) is 3. The van der Waals surface area contributed by atoms with Crippen LogP contribution in [0.15, 0.2) is 36.4 Å². The minimum Gasteiger partial charge on any atom is -0.493 e. The molecule has 0 atom stereocenters. The zero-order valence-electron chi connectivity index (χ0n) is 20.9. The average Bonchev–Trinajstić information content (AvgIpc) is 3.30. The van der Waals surface area contributed by atoms with Crippen LogP contribution in [0.4, 0.5) is 18.9 Å². The van der Waals surface area contributed by atoms with E-state index in [2.05, 4.69) is 4.90 Å². The molecule has 6 nitrogen and oxygen atoms in total. The van der Waals surface area contributed by atoms with Crippen LogP contribution in [0.3, 0.4) is 0 Å². The molecule has 4 rings (SSSR count). The molecule has 2 aliphatic rings. The van der Waals surface area contributed by atoms with Gasteiger partial charge < -0.3 is 19.3 Å². The molecule has 1 saturated heterocycles. The minimum atomic E-state index is -4.32. The molecule has 1 fully saturated rings. The number of fused-ring (bicyclic) bond motifs is 1. The first kappa shape index (κ1) is 26.1. The standard InChI is InChI=1S/C27H34F3N3O3/c1-35-24-15-20-18-33(19-21(20)16-25(24)36-2)26(34)9-4-3-5-10-31-11-13-32(14-12-31)23-8-6-7-22(17-23)27(28,29)30/h6-8,15-17H,3-5,9-14,18-19H2,1-2H3. The van der Waals surface area contributed by atoms with E-state index < -0.39 is 11.7 Å². The summed E-state index contributed by atoms with van der Waals surface area (Å²) in [6.07, 6.45) is -0.958. The highest BCUT2D eigenvalue weighted by atomic mass is 19.4. The normalized spacial score (nSPS) is 16.2. The van der Waals surface area contributed by atoms with Crippen LogP contribution < -0.4 is 14.4 Å².